The van der Waals surface area contributed by atoms with Gasteiger partial charge < -0.3 is 21.3 Å². The van der Waals surface area contributed by atoms with Gasteiger partial charge in [-0.05, 0) is 5.92 Å². The summed E-state index contributed by atoms with van der Waals surface area (Å²) < 4.78 is 0. The summed E-state index contributed by atoms with van der Waals surface area (Å²) in [5, 5.41) is 10.7. The Kier molecular flexibility index (Phi) is 1.43. The molecule has 2 fully saturated rings. The zero-order chi connectivity index (χ0) is 9.64. The van der Waals surface area contributed by atoms with Gasteiger partial charge in [0.25, 0.3) is 0 Å². The number of fused-ring (bicyclic) bond motifs is 1. The maximum absolute atomic E-state index is 11.1. The van der Waals surface area contributed by atoms with Crippen LogP contribution in [0, 0.1) is 5.92 Å². The van der Waals surface area contributed by atoms with Crippen LogP contribution in [0.25, 0.3) is 0 Å². The van der Waals surface area contributed by atoms with Gasteiger partial charge in [-0.25, -0.2) is 9.59 Å². The van der Waals surface area contributed by atoms with E-state index in [0.717, 1.165) is 0 Å². The number of carbonyl (C=O) groups is 2. The zero-order valence-corrected chi connectivity index (χ0v) is 7.47. The molecule has 0 aromatic heterocycles. The van der Waals surface area contributed by atoms with Crippen LogP contribution in [0.3, 0.4) is 0 Å². The quantitative estimate of drug-likeness (QED) is 0.434. The first-order valence-corrected chi connectivity index (χ1v) is 4.22. The minimum Gasteiger partial charge on any atom is -0.314 e. The van der Waals surface area contributed by atoms with Crippen molar-refractivity contribution in [1.29, 1.82) is 0 Å². The number of urea groups is 2. The van der Waals surface area contributed by atoms with Gasteiger partial charge in [0.1, 0.15) is 6.17 Å². The van der Waals surface area contributed by atoms with Crippen molar-refractivity contribution in [2.24, 2.45) is 5.92 Å². The fraction of sp³-hybridized carbons (Fsp3) is 0.714. The average molecular weight is 184 g/mol. The van der Waals surface area contributed by atoms with E-state index in [0.29, 0.717) is 0 Å². The Hall–Kier alpha value is -1.46. The normalized spacial score (nSPS) is 36.4. The molecule has 6 heteroatoms. The van der Waals surface area contributed by atoms with Gasteiger partial charge in [0.15, 0.2) is 5.66 Å². The Labute approximate surface area is 75.4 Å². The summed E-state index contributed by atoms with van der Waals surface area (Å²) in [5.74, 6) is 0.121. The largest absolute Gasteiger partial charge is 0.318 e. The first kappa shape index (κ1) is 8.15. The smallest absolute Gasteiger partial charge is 0.314 e. The lowest BCUT2D eigenvalue weighted by atomic mass is 9.95. The van der Waals surface area contributed by atoms with Crippen molar-refractivity contribution >= 4 is 12.1 Å². The lowest BCUT2D eigenvalue weighted by Crippen LogP contribution is -2.60. The molecule has 0 unspecified atom stereocenters. The molecule has 0 aromatic rings. The van der Waals surface area contributed by atoms with E-state index < -0.39 is 5.66 Å². The van der Waals surface area contributed by atoms with E-state index in [-0.39, 0.29) is 24.1 Å². The van der Waals surface area contributed by atoms with Gasteiger partial charge in [-0.15, -0.1) is 0 Å². The van der Waals surface area contributed by atoms with E-state index in [4.69, 9.17) is 0 Å². The molecule has 0 radical (unpaired) electrons. The highest BCUT2D eigenvalue weighted by atomic mass is 16.2. The first-order chi connectivity index (χ1) is 6.04. The molecule has 6 nitrogen and oxygen atoms in total. The number of rotatable bonds is 1. The Morgan fingerprint density at radius 3 is 1.92 bits per heavy atom. The molecule has 0 bridgehead atoms. The Morgan fingerprint density at radius 1 is 1.15 bits per heavy atom. The zero-order valence-electron chi connectivity index (χ0n) is 7.47. The molecular weight excluding hydrogens is 172 g/mol. The Balaban J connectivity index is 2.31. The van der Waals surface area contributed by atoms with Crippen LogP contribution in [0.4, 0.5) is 9.59 Å². The summed E-state index contributed by atoms with van der Waals surface area (Å²) in [4.78, 5) is 22.1. The van der Waals surface area contributed by atoms with E-state index in [1.54, 1.807) is 0 Å². The average Bonchev–Trinajstić information content (AvgIpc) is 2.40. The number of carbonyl (C=O) groups excluding carboxylic acids is 2. The summed E-state index contributed by atoms with van der Waals surface area (Å²) in [5.41, 5.74) is -0.672. The van der Waals surface area contributed by atoms with Crippen LogP contribution in [0.2, 0.25) is 0 Å². The molecule has 0 aromatic carbocycles. The predicted molar refractivity (Wildman–Crippen MR) is 44.7 cm³/mol. The first-order valence-electron chi connectivity index (χ1n) is 4.22. The molecule has 0 saturated carbocycles. The highest BCUT2D eigenvalue weighted by molar-refractivity contribution is 5.86. The molecule has 0 atom stereocenters. The predicted octanol–water partition coefficient (Wildman–Crippen LogP) is -0.710. The van der Waals surface area contributed by atoms with E-state index in [9.17, 15) is 9.59 Å². The van der Waals surface area contributed by atoms with Gasteiger partial charge in [-0.3, -0.25) is 0 Å². The topological polar surface area (TPSA) is 82.3 Å². The molecule has 2 saturated heterocycles. The second kappa shape index (κ2) is 2.27. The molecule has 0 aliphatic carbocycles. The van der Waals surface area contributed by atoms with Gasteiger partial charge in [-0.2, -0.15) is 0 Å². The maximum Gasteiger partial charge on any atom is 0.318 e. The molecule has 2 rings (SSSR count). The standard InChI is InChI=1S/C7H12N4O2/c1-3(2)7-4(8-5(12)10-7)9-6(13)11-7/h3-4H,1-2H3,(H2,8,10,12)(H2,9,11,13). The van der Waals surface area contributed by atoms with Crippen LogP contribution in [-0.2, 0) is 0 Å². The lowest BCUT2D eigenvalue weighted by Gasteiger charge is -2.30. The van der Waals surface area contributed by atoms with Gasteiger partial charge in [0, 0.05) is 0 Å². The third kappa shape index (κ3) is 0.944. The summed E-state index contributed by atoms with van der Waals surface area (Å²) >= 11 is 0. The van der Waals surface area contributed by atoms with Crippen molar-refractivity contribution in [3.8, 4) is 0 Å². The number of hydrogen-bond acceptors (Lipinski definition) is 2. The van der Waals surface area contributed by atoms with Gasteiger partial charge in [0.05, 0.1) is 0 Å². The van der Waals surface area contributed by atoms with E-state index in [1.165, 1.54) is 0 Å². The monoisotopic (exact) mass is 184 g/mol. The van der Waals surface area contributed by atoms with Crippen LogP contribution < -0.4 is 21.3 Å². The van der Waals surface area contributed by atoms with E-state index >= 15 is 0 Å². The third-order valence-corrected chi connectivity index (χ3v) is 2.56. The Morgan fingerprint density at radius 2 is 1.62 bits per heavy atom. The second-order valence-corrected chi connectivity index (χ2v) is 3.65. The summed E-state index contributed by atoms with van der Waals surface area (Å²) in [6.45, 7) is 3.88. The molecular formula is C7H12N4O2. The lowest BCUT2D eigenvalue weighted by molar-refractivity contribution is 0.212. The van der Waals surface area contributed by atoms with Gasteiger partial charge in [-0.1, -0.05) is 13.8 Å². The van der Waals surface area contributed by atoms with Crippen molar-refractivity contribution in [3.05, 3.63) is 0 Å². The van der Waals surface area contributed by atoms with Crippen molar-refractivity contribution < 1.29 is 9.59 Å². The van der Waals surface area contributed by atoms with Crippen molar-refractivity contribution in [2.75, 3.05) is 0 Å². The van der Waals surface area contributed by atoms with Crippen molar-refractivity contribution in [2.45, 2.75) is 25.7 Å². The minimum absolute atomic E-state index is 0.121. The summed E-state index contributed by atoms with van der Waals surface area (Å²) in [7, 11) is 0. The van der Waals surface area contributed by atoms with Crippen LogP contribution in [-0.4, -0.2) is 23.9 Å². The van der Waals surface area contributed by atoms with Crippen LogP contribution in [0.5, 0.6) is 0 Å². The molecule has 4 N–H and O–H groups in total. The van der Waals surface area contributed by atoms with Gasteiger partial charge >= 0.3 is 12.1 Å². The fourth-order valence-electron chi connectivity index (χ4n) is 1.77. The van der Waals surface area contributed by atoms with Crippen LogP contribution in [0.1, 0.15) is 13.8 Å². The minimum atomic E-state index is -0.672. The molecule has 0 spiro atoms. The van der Waals surface area contributed by atoms with Crippen LogP contribution in [0.15, 0.2) is 0 Å². The highest BCUT2D eigenvalue weighted by Crippen LogP contribution is 2.24. The molecule has 2 aliphatic heterocycles. The van der Waals surface area contributed by atoms with Crippen LogP contribution >= 0.6 is 0 Å². The molecule has 2 aliphatic rings. The van der Waals surface area contributed by atoms with Crippen molar-refractivity contribution in [1.82, 2.24) is 21.3 Å². The second-order valence-electron chi connectivity index (χ2n) is 3.65. The maximum atomic E-state index is 11.1. The number of nitrogens with one attached hydrogen (secondary N) is 4. The van der Waals surface area contributed by atoms with Crippen molar-refractivity contribution in [3.63, 3.8) is 0 Å². The fourth-order valence-corrected chi connectivity index (χ4v) is 1.77. The molecule has 72 valence electrons. The third-order valence-electron chi connectivity index (χ3n) is 2.56. The number of hydrogen-bond donors (Lipinski definition) is 4. The highest BCUT2D eigenvalue weighted by Gasteiger charge is 2.54. The Bertz CT molecular complexity index is 256. The molecule has 4 amide bonds. The summed E-state index contributed by atoms with van der Waals surface area (Å²) in [6.07, 6.45) is -0.354. The van der Waals surface area contributed by atoms with E-state index in [2.05, 4.69) is 21.3 Å². The molecule has 13 heavy (non-hydrogen) atoms. The van der Waals surface area contributed by atoms with E-state index in [1.807, 2.05) is 13.8 Å². The summed E-state index contributed by atoms with van der Waals surface area (Å²) in [6, 6.07) is -0.516. The number of amides is 4. The SMILES string of the molecule is CC(C)C12NC(=O)NC1NC(=O)N2. The van der Waals surface area contributed by atoms with Gasteiger partial charge in [0.2, 0.25) is 0 Å². The molecule has 2 heterocycles.